The van der Waals surface area contributed by atoms with Gasteiger partial charge < -0.3 is 5.32 Å². The number of hydrogen-bond acceptors (Lipinski definition) is 3. The summed E-state index contributed by atoms with van der Waals surface area (Å²) in [6.07, 6.45) is 0.971. The summed E-state index contributed by atoms with van der Waals surface area (Å²) in [6, 6.07) is 11.3. The molecule has 2 aromatic rings. The van der Waals surface area contributed by atoms with Gasteiger partial charge in [0.1, 0.15) is 5.82 Å². The molecule has 1 aliphatic rings. The summed E-state index contributed by atoms with van der Waals surface area (Å²) in [5.41, 5.74) is 2.58. The molecule has 1 saturated heterocycles. The van der Waals surface area contributed by atoms with Crippen molar-refractivity contribution in [3.05, 3.63) is 65.0 Å². The van der Waals surface area contributed by atoms with Crippen LogP contribution in [0.3, 0.4) is 0 Å². The lowest BCUT2D eigenvalue weighted by molar-refractivity contribution is -0.126. The van der Waals surface area contributed by atoms with E-state index in [0.29, 0.717) is 37.4 Å². The normalized spacial score (nSPS) is 16.1. The first-order valence-corrected chi connectivity index (χ1v) is 10.8. The molecule has 1 N–H and O–H groups in total. The number of halogens is 1. The van der Waals surface area contributed by atoms with E-state index in [1.54, 1.807) is 31.2 Å². The van der Waals surface area contributed by atoms with Gasteiger partial charge in [0.05, 0.1) is 4.90 Å². The number of amides is 1. The highest BCUT2D eigenvalue weighted by atomic mass is 32.2. The number of nitrogens with zero attached hydrogens (tertiary/aromatic N) is 1. The van der Waals surface area contributed by atoms with Crippen molar-refractivity contribution in [3.8, 4) is 0 Å². The number of piperidine rings is 1. The highest BCUT2D eigenvalue weighted by Gasteiger charge is 2.32. The van der Waals surface area contributed by atoms with E-state index in [-0.39, 0.29) is 17.6 Å². The fraction of sp³-hybridized carbons (Fsp3) is 0.381. The van der Waals surface area contributed by atoms with Gasteiger partial charge in [0, 0.05) is 25.6 Å². The molecule has 7 heteroatoms. The topological polar surface area (TPSA) is 66.5 Å². The summed E-state index contributed by atoms with van der Waals surface area (Å²) in [6.45, 7) is 4.71. The predicted octanol–water partition coefficient (Wildman–Crippen LogP) is 3.16. The van der Waals surface area contributed by atoms with Crippen molar-refractivity contribution in [3.63, 3.8) is 0 Å². The quantitative estimate of drug-likeness (QED) is 0.833. The number of nitrogens with one attached hydrogen (secondary N) is 1. The maximum atomic E-state index is 12.9. The molecule has 28 heavy (non-hydrogen) atoms. The van der Waals surface area contributed by atoms with E-state index >= 15 is 0 Å². The molecule has 0 saturated carbocycles. The van der Waals surface area contributed by atoms with E-state index in [4.69, 9.17) is 0 Å². The minimum atomic E-state index is -3.55. The number of benzene rings is 2. The number of aryl methyl sites for hydroxylation is 2. The molecule has 0 spiro atoms. The molecule has 0 aromatic heterocycles. The molecule has 0 unspecified atom stereocenters. The molecule has 150 valence electrons. The van der Waals surface area contributed by atoms with Crippen LogP contribution in [-0.2, 0) is 21.4 Å². The van der Waals surface area contributed by atoms with Crippen molar-refractivity contribution >= 4 is 15.9 Å². The molecule has 0 bridgehead atoms. The summed E-state index contributed by atoms with van der Waals surface area (Å²) in [5, 5.41) is 2.86. The molecule has 1 fully saturated rings. The van der Waals surface area contributed by atoms with E-state index < -0.39 is 10.0 Å². The lowest BCUT2D eigenvalue weighted by Crippen LogP contribution is -2.43. The lowest BCUT2D eigenvalue weighted by atomic mass is 9.97. The van der Waals surface area contributed by atoms with E-state index in [1.165, 1.54) is 16.4 Å². The number of rotatable bonds is 5. The standard InChI is InChI=1S/C21H25FN2O3S/c1-15-3-8-20(16(2)13-15)28(26,27)24-11-9-18(10-12-24)21(25)23-14-17-4-6-19(22)7-5-17/h3-8,13,18H,9-12,14H2,1-2H3,(H,23,25). The first-order valence-electron chi connectivity index (χ1n) is 9.37. The van der Waals surface area contributed by atoms with Crippen LogP contribution >= 0.6 is 0 Å². The summed E-state index contributed by atoms with van der Waals surface area (Å²) >= 11 is 0. The zero-order valence-electron chi connectivity index (χ0n) is 16.1. The Morgan fingerprint density at radius 1 is 1.11 bits per heavy atom. The number of sulfonamides is 1. The first kappa shape index (κ1) is 20.5. The summed E-state index contributed by atoms with van der Waals surface area (Å²) in [7, 11) is -3.55. The minimum Gasteiger partial charge on any atom is -0.352 e. The Morgan fingerprint density at radius 3 is 2.36 bits per heavy atom. The average Bonchev–Trinajstić information content (AvgIpc) is 2.67. The molecule has 1 heterocycles. The predicted molar refractivity (Wildman–Crippen MR) is 106 cm³/mol. The molecule has 0 radical (unpaired) electrons. The molecule has 2 aromatic carbocycles. The van der Waals surface area contributed by atoms with Crippen LogP contribution in [0, 0.1) is 25.6 Å². The van der Waals surface area contributed by atoms with Gasteiger partial charge in [-0.3, -0.25) is 4.79 Å². The van der Waals surface area contributed by atoms with Crippen molar-refractivity contribution in [2.75, 3.05) is 13.1 Å². The van der Waals surface area contributed by atoms with Crippen molar-refractivity contribution in [2.45, 2.75) is 38.1 Å². The van der Waals surface area contributed by atoms with Gasteiger partial charge >= 0.3 is 0 Å². The molecule has 1 aliphatic heterocycles. The maximum Gasteiger partial charge on any atom is 0.243 e. The van der Waals surface area contributed by atoms with Crippen LogP contribution in [0.15, 0.2) is 47.4 Å². The van der Waals surface area contributed by atoms with Crippen LogP contribution in [0.4, 0.5) is 4.39 Å². The smallest absolute Gasteiger partial charge is 0.243 e. The van der Waals surface area contributed by atoms with Crippen LogP contribution in [0.1, 0.15) is 29.5 Å². The second-order valence-electron chi connectivity index (χ2n) is 7.29. The van der Waals surface area contributed by atoms with E-state index in [2.05, 4.69) is 5.32 Å². The average molecular weight is 405 g/mol. The fourth-order valence-electron chi connectivity index (χ4n) is 3.52. The third-order valence-corrected chi connectivity index (χ3v) is 7.21. The number of hydrogen-bond donors (Lipinski definition) is 1. The third-order valence-electron chi connectivity index (χ3n) is 5.15. The van der Waals surface area contributed by atoms with Crippen molar-refractivity contribution in [1.29, 1.82) is 0 Å². The van der Waals surface area contributed by atoms with E-state index in [1.807, 2.05) is 13.0 Å². The van der Waals surface area contributed by atoms with Crippen LogP contribution < -0.4 is 5.32 Å². The van der Waals surface area contributed by atoms with Crippen molar-refractivity contribution in [1.82, 2.24) is 9.62 Å². The second-order valence-corrected chi connectivity index (χ2v) is 9.20. The molecule has 5 nitrogen and oxygen atoms in total. The zero-order valence-corrected chi connectivity index (χ0v) is 16.9. The van der Waals surface area contributed by atoms with Crippen molar-refractivity contribution < 1.29 is 17.6 Å². The molecular formula is C21H25FN2O3S. The lowest BCUT2D eigenvalue weighted by Gasteiger charge is -2.31. The number of carbonyl (C=O) groups excluding carboxylic acids is 1. The van der Waals surface area contributed by atoms with Gasteiger partial charge in [0.25, 0.3) is 0 Å². The Kier molecular flexibility index (Phi) is 6.15. The van der Waals surface area contributed by atoms with Gasteiger partial charge in [-0.05, 0) is 56.0 Å². The van der Waals surface area contributed by atoms with Crippen LogP contribution in [0.5, 0.6) is 0 Å². The second kappa shape index (κ2) is 8.41. The molecule has 0 aliphatic carbocycles. The van der Waals surface area contributed by atoms with Gasteiger partial charge in [-0.15, -0.1) is 0 Å². The fourth-order valence-corrected chi connectivity index (χ4v) is 5.20. The Balaban J connectivity index is 1.57. The first-order chi connectivity index (χ1) is 13.3. The Morgan fingerprint density at radius 2 is 1.75 bits per heavy atom. The van der Waals surface area contributed by atoms with Crippen LogP contribution in [0.25, 0.3) is 0 Å². The van der Waals surface area contributed by atoms with Gasteiger partial charge in [-0.25, -0.2) is 12.8 Å². The number of carbonyl (C=O) groups is 1. The van der Waals surface area contributed by atoms with Crippen LogP contribution in [-0.4, -0.2) is 31.7 Å². The van der Waals surface area contributed by atoms with Gasteiger partial charge in [0.2, 0.25) is 15.9 Å². The monoisotopic (exact) mass is 404 g/mol. The van der Waals surface area contributed by atoms with Gasteiger partial charge in [-0.1, -0.05) is 29.8 Å². The van der Waals surface area contributed by atoms with E-state index in [0.717, 1.165) is 16.7 Å². The molecular weight excluding hydrogens is 379 g/mol. The minimum absolute atomic E-state index is 0.0899. The summed E-state index contributed by atoms with van der Waals surface area (Å²) in [4.78, 5) is 12.7. The molecule has 3 rings (SSSR count). The van der Waals surface area contributed by atoms with Gasteiger partial charge in [-0.2, -0.15) is 4.31 Å². The maximum absolute atomic E-state index is 12.9. The Labute approximate surface area is 165 Å². The highest BCUT2D eigenvalue weighted by Crippen LogP contribution is 2.26. The van der Waals surface area contributed by atoms with Crippen LogP contribution in [0.2, 0.25) is 0 Å². The summed E-state index contributed by atoms with van der Waals surface area (Å²) in [5.74, 6) is -0.619. The highest BCUT2D eigenvalue weighted by molar-refractivity contribution is 7.89. The summed E-state index contributed by atoms with van der Waals surface area (Å²) < 4.78 is 40.3. The third kappa shape index (κ3) is 4.59. The Bertz CT molecular complexity index is 950. The van der Waals surface area contributed by atoms with Crippen molar-refractivity contribution in [2.24, 2.45) is 5.92 Å². The zero-order chi connectivity index (χ0) is 20.3. The van der Waals surface area contributed by atoms with E-state index in [9.17, 15) is 17.6 Å². The Hall–Kier alpha value is -2.25. The largest absolute Gasteiger partial charge is 0.352 e. The van der Waals surface area contributed by atoms with Gasteiger partial charge in [0.15, 0.2) is 0 Å². The molecule has 0 atom stereocenters. The molecule has 1 amide bonds. The SMILES string of the molecule is Cc1ccc(S(=O)(=O)N2CCC(C(=O)NCc3ccc(F)cc3)CC2)c(C)c1.